The van der Waals surface area contributed by atoms with E-state index in [2.05, 4.69) is 10.2 Å². The van der Waals surface area contributed by atoms with Crippen molar-refractivity contribution in [2.75, 3.05) is 19.6 Å². The zero-order chi connectivity index (χ0) is 13.8. The molecule has 1 aliphatic heterocycles. The van der Waals surface area contributed by atoms with Gasteiger partial charge < -0.3 is 11.1 Å². The standard InChI is InChI=1S/C14H20FN3O/c1-10(8-11-4-2-3-5-12(11)15)18-7-6-17-9-13(18)14(16)19/h2-5,10,13,17H,6-9H2,1H3,(H2,16,19). The van der Waals surface area contributed by atoms with Gasteiger partial charge in [0.15, 0.2) is 0 Å². The minimum absolute atomic E-state index is 0.0801. The Labute approximate surface area is 112 Å². The average Bonchev–Trinajstić information content (AvgIpc) is 2.41. The molecule has 1 amide bonds. The van der Waals surface area contributed by atoms with Crippen LogP contribution in [0.2, 0.25) is 0 Å². The van der Waals surface area contributed by atoms with E-state index in [0.717, 1.165) is 13.1 Å². The van der Waals surface area contributed by atoms with Crippen molar-refractivity contribution in [2.45, 2.75) is 25.4 Å². The van der Waals surface area contributed by atoms with Crippen LogP contribution >= 0.6 is 0 Å². The number of hydrogen-bond donors (Lipinski definition) is 2. The predicted molar refractivity (Wildman–Crippen MR) is 72.1 cm³/mol. The molecule has 2 rings (SSSR count). The molecule has 1 aliphatic rings. The molecule has 4 nitrogen and oxygen atoms in total. The van der Waals surface area contributed by atoms with E-state index in [9.17, 15) is 9.18 Å². The molecular formula is C14H20FN3O. The van der Waals surface area contributed by atoms with E-state index in [1.165, 1.54) is 6.07 Å². The van der Waals surface area contributed by atoms with E-state index in [1.54, 1.807) is 12.1 Å². The zero-order valence-corrected chi connectivity index (χ0v) is 11.1. The summed E-state index contributed by atoms with van der Waals surface area (Å²) in [6, 6.07) is 6.53. The number of amides is 1. The van der Waals surface area contributed by atoms with E-state index in [1.807, 2.05) is 13.0 Å². The number of nitrogens with two attached hydrogens (primary N) is 1. The Balaban J connectivity index is 2.07. The third-order valence-corrected chi connectivity index (χ3v) is 3.65. The first-order valence-corrected chi connectivity index (χ1v) is 6.58. The molecule has 19 heavy (non-hydrogen) atoms. The first-order valence-electron chi connectivity index (χ1n) is 6.58. The number of piperazine rings is 1. The summed E-state index contributed by atoms with van der Waals surface area (Å²) in [4.78, 5) is 13.5. The highest BCUT2D eigenvalue weighted by Crippen LogP contribution is 2.15. The molecule has 1 aromatic rings. The fourth-order valence-corrected chi connectivity index (χ4v) is 2.61. The van der Waals surface area contributed by atoms with E-state index >= 15 is 0 Å². The molecule has 0 aliphatic carbocycles. The maximum absolute atomic E-state index is 13.7. The molecule has 3 N–H and O–H groups in total. The molecule has 0 saturated carbocycles. The highest BCUT2D eigenvalue weighted by atomic mass is 19.1. The number of rotatable bonds is 4. The Bertz CT molecular complexity index is 452. The Morgan fingerprint density at radius 2 is 2.32 bits per heavy atom. The topological polar surface area (TPSA) is 58.4 Å². The second-order valence-corrected chi connectivity index (χ2v) is 5.00. The third kappa shape index (κ3) is 3.30. The van der Waals surface area contributed by atoms with Gasteiger partial charge in [0.2, 0.25) is 5.91 Å². The first-order chi connectivity index (χ1) is 9.09. The van der Waals surface area contributed by atoms with Crippen LogP contribution in [0.25, 0.3) is 0 Å². The Kier molecular flexibility index (Phi) is 4.50. The zero-order valence-electron chi connectivity index (χ0n) is 11.1. The van der Waals surface area contributed by atoms with Crippen molar-refractivity contribution >= 4 is 5.91 Å². The van der Waals surface area contributed by atoms with Crippen LogP contribution in [0, 0.1) is 5.82 Å². The SMILES string of the molecule is CC(Cc1ccccc1F)N1CCNCC1C(N)=O. The fourth-order valence-electron chi connectivity index (χ4n) is 2.61. The van der Waals surface area contributed by atoms with Crippen molar-refractivity contribution in [1.29, 1.82) is 0 Å². The van der Waals surface area contributed by atoms with Crippen molar-refractivity contribution in [3.05, 3.63) is 35.6 Å². The number of benzene rings is 1. The monoisotopic (exact) mass is 265 g/mol. The molecule has 1 fully saturated rings. The summed E-state index contributed by atoms with van der Waals surface area (Å²) in [7, 11) is 0. The third-order valence-electron chi connectivity index (χ3n) is 3.65. The maximum atomic E-state index is 13.7. The van der Waals surface area contributed by atoms with Gasteiger partial charge >= 0.3 is 0 Å². The van der Waals surface area contributed by atoms with Gasteiger partial charge in [-0.2, -0.15) is 0 Å². The number of nitrogens with zero attached hydrogens (tertiary/aromatic N) is 1. The number of carbonyl (C=O) groups is 1. The van der Waals surface area contributed by atoms with E-state index in [-0.39, 0.29) is 23.8 Å². The fraction of sp³-hybridized carbons (Fsp3) is 0.500. The van der Waals surface area contributed by atoms with Crippen LogP contribution in [-0.2, 0) is 11.2 Å². The summed E-state index contributed by atoms with van der Waals surface area (Å²) in [5.74, 6) is -0.521. The lowest BCUT2D eigenvalue weighted by molar-refractivity contribution is -0.124. The van der Waals surface area contributed by atoms with Gasteiger partial charge in [-0.25, -0.2) is 4.39 Å². The normalized spacial score (nSPS) is 22.1. The van der Waals surface area contributed by atoms with Crippen molar-refractivity contribution in [3.8, 4) is 0 Å². The number of hydrogen-bond acceptors (Lipinski definition) is 3. The summed E-state index contributed by atoms with van der Waals surface area (Å²) in [5, 5.41) is 3.16. The first kappa shape index (κ1) is 14.0. The van der Waals surface area contributed by atoms with Crippen LogP contribution in [0.5, 0.6) is 0 Å². The lowest BCUT2D eigenvalue weighted by Crippen LogP contribution is -2.59. The number of nitrogens with one attached hydrogen (secondary N) is 1. The van der Waals surface area contributed by atoms with Crippen LogP contribution in [0.3, 0.4) is 0 Å². The lowest BCUT2D eigenvalue weighted by atomic mass is 10.0. The predicted octanol–water partition coefficient (Wildman–Crippen LogP) is 0.516. The van der Waals surface area contributed by atoms with Crippen molar-refractivity contribution in [1.82, 2.24) is 10.2 Å². The molecule has 2 unspecified atom stereocenters. The number of carbonyl (C=O) groups excluding carboxylic acids is 1. The van der Waals surface area contributed by atoms with Crippen LogP contribution in [0.15, 0.2) is 24.3 Å². The number of halogens is 1. The summed E-state index contributed by atoms with van der Waals surface area (Å²) >= 11 is 0. The molecule has 2 atom stereocenters. The Morgan fingerprint density at radius 3 is 3.00 bits per heavy atom. The average molecular weight is 265 g/mol. The molecule has 0 radical (unpaired) electrons. The van der Waals surface area contributed by atoms with Gasteiger partial charge in [0, 0.05) is 25.7 Å². The van der Waals surface area contributed by atoms with Gasteiger partial charge in [0.05, 0.1) is 0 Å². The van der Waals surface area contributed by atoms with Crippen LogP contribution in [0.4, 0.5) is 4.39 Å². The quantitative estimate of drug-likeness (QED) is 0.834. The van der Waals surface area contributed by atoms with Gasteiger partial charge in [0.1, 0.15) is 11.9 Å². The van der Waals surface area contributed by atoms with Gasteiger partial charge in [0.25, 0.3) is 0 Å². The van der Waals surface area contributed by atoms with Crippen LogP contribution in [-0.4, -0.2) is 42.5 Å². The largest absolute Gasteiger partial charge is 0.368 e. The van der Waals surface area contributed by atoms with Gasteiger partial charge in [-0.05, 0) is 25.0 Å². The summed E-state index contributed by atoms with van der Waals surface area (Å²) in [5.41, 5.74) is 6.10. The molecule has 5 heteroatoms. The van der Waals surface area contributed by atoms with Crippen molar-refractivity contribution in [2.24, 2.45) is 5.73 Å². The Morgan fingerprint density at radius 1 is 1.58 bits per heavy atom. The number of primary amides is 1. The molecule has 0 bridgehead atoms. The van der Waals surface area contributed by atoms with E-state index in [4.69, 9.17) is 5.73 Å². The van der Waals surface area contributed by atoms with Gasteiger partial charge in [-0.3, -0.25) is 9.69 Å². The molecule has 0 spiro atoms. The summed E-state index contributed by atoms with van der Waals surface area (Å²) in [6.07, 6.45) is 0.580. The smallest absolute Gasteiger partial charge is 0.236 e. The molecule has 1 saturated heterocycles. The highest BCUT2D eigenvalue weighted by molar-refractivity contribution is 5.80. The van der Waals surface area contributed by atoms with Crippen LogP contribution in [0.1, 0.15) is 12.5 Å². The second-order valence-electron chi connectivity index (χ2n) is 5.00. The summed E-state index contributed by atoms with van der Waals surface area (Å²) in [6.45, 7) is 4.15. The van der Waals surface area contributed by atoms with Gasteiger partial charge in [-0.15, -0.1) is 0 Å². The van der Waals surface area contributed by atoms with Gasteiger partial charge in [-0.1, -0.05) is 18.2 Å². The molecule has 0 aromatic heterocycles. The van der Waals surface area contributed by atoms with Crippen molar-refractivity contribution < 1.29 is 9.18 Å². The van der Waals surface area contributed by atoms with E-state index < -0.39 is 0 Å². The lowest BCUT2D eigenvalue weighted by Gasteiger charge is -2.38. The maximum Gasteiger partial charge on any atom is 0.236 e. The Hall–Kier alpha value is -1.46. The molecule has 1 heterocycles. The highest BCUT2D eigenvalue weighted by Gasteiger charge is 2.30. The second kappa shape index (κ2) is 6.12. The van der Waals surface area contributed by atoms with Crippen molar-refractivity contribution in [3.63, 3.8) is 0 Å². The minimum Gasteiger partial charge on any atom is -0.368 e. The molecular weight excluding hydrogens is 245 g/mol. The molecule has 104 valence electrons. The minimum atomic E-state index is -0.326. The summed E-state index contributed by atoms with van der Waals surface area (Å²) < 4.78 is 13.7. The molecule has 1 aromatic carbocycles. The van der Waals surface area contributed by atoms with E-state index in [0.29, 0.717) is 18.5 Å². The van der Waals surface area contributed by atoms with Crippen LogP contribution < -0.4 is 11.1 Å².